The van der Waals surface area contributed by atoms with Crippen LogP contribution in [0.4, 0.5) is 0 Å². The fourth-order valence-electron chi connectivity index (χ4n) is 4.28. The molecule has 2 saturated heterocycles. The van der Waals surface area contributed by atoms with E-state index in [1.165, 1.54) is 5.56 Å². The molecule has 6 heteroatoms. The highest BCUT2D eigenvalue weighted by Gasteiger charge is 2.24. The average molecular weight is 418 g/mol. The first-order valence-corrected chi connectivity index (χ1v) is 10.9. The van der Waals surface area contributed by atoms with Crippen LogP contribution in [0, 0.1) is 17.2 Å². The number of carbonyl (C=O) groups excluding carboxylic acids is 2. The Bertz CT molecular complexity index is 949. The topological polar surface area (TPSA) is 73.6 Å². The number of carbonyl (C=O) groups is 2. The van der Waals surface area contributed by atoms with Crippen molar-refractivity contribution >= 4 is 11.8 Å². The van der Waals surface area contributed by atoms with Crippen molar-refractivity contribution in [2.45, 2.75) is 19.3 Å². The monoisotopic (exact) mass is 417 g/mol. The fourth-order valence-corrected chi connectivity index (χ4v) is 4.28. The number of nitrogens with zero attached hydrogens (tertiary/aromatic N) is 3. The molecule has 0 atom stereocenters. The normalized spacial score (nSPS) is 17.3. The summed E-state index contributed by atoms with van der Waals surface area (Å²) in [5.74, 6) is 0.643. The molecule has 2 heterocycles. The lowest BCUT2D eigenvalue weighted by atomic mass is 9.89. The molecular formula is C25H27N3O3. The van der Waals surface area contributed by atoms with Gasteiger partial charge in [-0.15, -0.1) is 0 Å². The summed E-state index contributed by atoms with van der Waals surface area (Å²) in [5.41, 5.74) is 3.16. The predicted octanol–water partition coefficient (Wildman–Crippen LogP) is 3.13. The summed E-state index contributed by atoms with van der Waals surface area (Å²) in [6.07, 6.45) is 2.90. The third-order valence-electron chi connectivity index (χ3n) is 6.19. The average Bonchev–Trinajstić information content (AvgIpc) is 2.85. The second-order valence-electron chi connectivity index (χ2n) is 8.23. The van der Waals surface area contributed by atoms with Crippen molar-refractivity contribution < 1.29 is 14.3 Å². The van der Waals surface area contributed by atoms with E-state index in [1.54, 1.807) is 24.3 Å². The van der Waals surface area contributed by atoms with Gasteiger partial charge in [0.1, 0.15) is 0 Å². The van der Waals surface area contributed by atoms with Crippen molar-refractivity contribution in [1.82, 2.24) is 9.80 Å². The van der Waals surface area contributed by atoms with Crippen molar-refractivity contribution in [2.75, 3.05) is 39.4 Å². The second kappa shape index (κ2) is 9.76. The Kier molecular flexibility index (Phi) is 6.63. The maximum atomic E-state index is 12.7. The SMILES string of the molecule is N#Cc1ccc(C(=O)N2CCC(Cc3ccc(C(=O)N4CCOCC4)cc3)CC2)cc1. The molecule has 2 fully saturated rings. The molecule has 0 N–H and O–H groups in total. The Morgan fingerprint density at radius 2 is 1.35 bits per heavy atom. The van der Waals surface area contributed by atoms with Crippen LogP contribution >= 0.6 is 0 Å². The summed E-state index contributed by atoms with van der Waals surface area (Å²) in [4.78, 5) is 29.0. The lowest BCUT2D eigenvalue weighted by Gasteiger charge is -2.32. The molecular weight excluding hydrogens is 390 g/mol. The third-order valence-corrected chi connectivity index (χ3v) is 6.19. The number of amides is 2. The van der Waals surface area contributed by atoms with Crippen LogP contribution in [0.3, 0.4) is 0 Å². The van der Waals surface area contributed by atoms with E-state index in [0.717, 1.165) is 37.9 Å². The fraction of sp³-hybridized carbons (Fsp3) is 0.400. The molecule has 0 saturated carbocycles. The number of benzene rings is 2. The van der Waals surface area contributed by atoms with E-state index in [4.69, 9.17) is 10.00 Å². The first kappa shape index (κ1) is 21.1. The van der Waals surface area contributed by atoms with Gasteiger partial charge in [0, 0.05) is 37.3 Å². The summed E-state index contributed by atoms with van der Waals surface area (Å²) in [6, 6.07) is 16.9. The molecule has 2 aliphatic heterocycles. The van der Waals surface area contributed by atoms with Gasteiger partial charge in [-0.2, -0.15) is 5.26 Å². The van der Waals surface area contributed by atoms with E-state index in [2.05, 4.69) is 18.2 Å². The molecule has 6 nitrogen and oxygen atoms in total. The van der Waals surface area contributed by atoms with Crippen LogP contribution < -0.4 is 0 Å². The van der Waals surface area contributed by atoms with Crippen LogP contribution in [0.15, 0.2) is 48.5 Å². The molecule has 2 aromatic rings. The minimum absolute atomic E-state index is 0.0360. The van der Waals surface area contributed by atoms with Gasteiger partial charge >= 0.3 is 0 Å². The standard InChI is InChI=1S/C25H27N3O3/c26-18-21-3-7-23(8-4-21)24(29)27-11-9-20(10-12-27)17-19-1-5-22(6-2-19)25(30)28-13-15-31-16-14-28/h1-8,20H,9-17H2. The molecule has 0 radical (unpaired) electrons. The lowest BCUT2D eigenvalue weighted by molar-refractivity contribution is 0.0303. The van der Waals surface area contributed by atoms with Crippen LogP contribution in [0.2, 0.25) is 0 Å². The van der Waals surface area contributed by atoms with E-state index in [-0.39, 0.29) is 11.8 Å². The smallest absolute Gasteiger partial charge is 0.254 e. The molecule has 0 bridgehead atoms. The molecule has 160 valence electrons. The van der Waals surface area contributed by atoms with E-state index >= 15 is 0 Å². The maximum Gasteiger partial charge on any atom is 0.254 e. The Balaban J connectivity index is 1.28. The van der Waals surface area contributed by atoms with Crippen molar-refractivity contribution in [2.24, 2.45) is 5.92 Å². The third kappa shape index (κ3) is 5.12. The Morgan fingerprint density at radius 3 is 1.90 bits per heavy atom. The second-order valence-corrected chi connectivity index (χ2v) is 8.23. The summed E-state index contributed by atoms with van der Waals surface area (Å²) in [7, 11) is 0. The molecule has 2 aromatic carbocycles. The number of hydrogen-bond acceptors (Lipinski definition) is 4. The van der Waals surface area contributed by atoms with Gasteiger partial charge in [0.25, 0.3) is 11.8 Å². The summed E-state index contributed by atoms with van der Waals surface area (Å²) in [6.45, 7) is 4.02. The minimum Gasteiger partial charge on any atom is -0.378 e. The van der Waals surface area contributed by atoms with E-state index in [1.807, 2.05) is 21.9 Å². The number of likely N-dealkylation sites (tertiary alicyclic amines) is 1. The largest absolute Gasteiger partial charge is 0.378 e. The molecule has 0 aliphatic carbocycles. The van der Waals surface area contributed by atoms with Crippen LogP contribution in [0.1, 0.15) is 44.7 Å². The Hall–Kier alpha value is -3.17. The zero-order valence-electron chi connectivity index (χ0n) is 17.6. The Labute approximate surface area is 183 Å². The van der Waals surface area contributed by atoms with Crippen LogP contribution in [0.25, 0.3) is 0 Å². The molecule has 0 spiro atoms. The summed E-state index contributed by atoms with van der Waals surface area (Å²) >= 11 is 0. The molecule has 4 rings (SSSR count). The highest BCUT2D eigenvalue weighted by Crippen LogP contribution is 2.23. The summed E-state index contributed by atoms with van der Waals surface area (Å²) < 4.78 is 5.32. The van der Waals surface area contributed by atoms with Crippen LogP contribution in [-0.4, -0.2) is 61.0 Å². The van der Waals surface area contributed by atoms with Gasteiger partial charge in [0.15, 0.2) is 0 Å². The first-order valence-electron chi connectivity index (χ1n) is 10.9. The van der Waals surface area contributed by atoms with Crippen molar-refractivity contribution in [3.8, 4) is 6.07 Å². The van der Waals surface area contributed by atoms with E-state index < -0.39 is 0 Å². The Morgan fingerprint density at radius 1 is 0.839 bits per heavy atom. The van der Waals surface area contributed by atoms with Crippen molar-refractivity contribution in [3.63, 3.8) is 0 Å². The molecule has 0 unspecified atom stereocenters. The van der Waals surface area contributed by atoms with Gasteiger partial charge in [0.05, 0.1) is 24.8 Å². The number of nitriles is 1. The molecule has 31 heavy (non-hydrogen) atoms. The van der Waals surface area contributed by atoms with Gasteiger partial charge in [-0.3, -0.25) is 9.59 Å². The van der Waals surface area contributed by atoms with Gasteiger partial charge in [0.2, 0.25) is 0 Å². The van der Waals surface area contributed by atoms with E-state index in [0.29, 0.717) is 43.3 Å². The quantitative estimate of drug-likeness (QED) is 0.766. The number of hydrogen-bond donors (Lipinski definition) is 0. The number of ether oxygens (including phenoxy) is 1. The van der Waals surface area contributed by atoms with Crippen molar-refractivity contribution in [1.29, 1.82) is 5.26 Å². The summed E-state index contributed by atoms with van der Waals surface area (Å²) in [5, 5.41) is 8.90. The zero-order chi connectivity index (χ0) is 21.6. The van der Waals surface area contributed by atoms with Crippen LogP contribution in [-0.2, 0) is 11.2 Å². The maximum absolute atomic E-state index is 12.7. The van der Waals surface area contributed by atoms with E-state index in [9.17, 15) is 9.59 Å². The number of morpholine rings is 1. The minimum atomic E-state index is 0.0360. The van der Waals surface area contributed by atoms with Crippen molar-refractivity contribution in [3.05, 3.63) is 70.8 Å². The molecule has 0 aromatic heterocycles. The highest BCUT2D eigenvalue weighted by molar-refractivity contribution is 5.94. The van der Waals surface area contributed by atoms with Gasteiger partial charge in [-0.05, 0) is 67.1 Å². The lowest BCUT2D eigenvalue weighted by Crippen LogP contribution is -2.40. The van der Waals surface area contributed by atoms with Gasteiger partial charge in [-0.25, -0.2) is 0 Å². The zero-order valence-corrected chi connectivity index (χ0v) is 17.6. The van der Waals surface area contributed by atoms with Gasteiger partial charge < -0.3 is 14.5 Å². The molecule has 2 aliphatic rings. The first-order chi connectivity index (χ1) is 15.1. The predicted molar refractivity (Wildman–Crippen MR) is 117 cm³/mol. The van der Waals surface area contributed by atoms with Gasteiger partial charge in [-0.1, -0.05) is 12.1 Å². The number of rotatable bonds is 4. The molecule has 2 amide bonds. The number of piperidine rings is 1. The highest BCUT2D eigenvalue weighted by atomic mass is 16.5. The van der Waals surface area contributed by atoms with Crippen LogP contribution in [0.5, 0.6) is 0 Å².